The zero-order chi connectivity index (χ0) is 12.4. The van der Waals surface area contributed by atoms with Crippen molar-refractivity contribution in [2.75, 3.05) is 11.9 Å². The maximum absolute atomic E-state index is 4.52. The Morgan fingerprint density at radius 3 is 2.94 bits per heavy atom. The predicted octanol–water partition coefficient (Wildman–Crippen LogP) is 2.65. The largest absolute Gasteiger partial charge is 0.384 e. The third kappa shape index (κ3) is 2.53. The van der Waals surface area contributed by atoms with Crippen LogP contribution in [-0.4, -0.2) is 21.7 Å². The second-order valence-electron chi connectivity index (χ2n) is 4.91. The fourth-order valence-electron chi connectivity index (χ4n) is 2.03. The molecule has 4 nitrogen and oxygen atoms in total. The summed E-state index contributed by atoms with van der Waals surface area (Å²) in [7, 11) is 0. The van der Waals surface area contributed by atoms with Crippen molar-refractivity contribution in [3.05, 3.63) is 41.5 Å². The smallest absolute Gasteiger partial charge is 0.153 e. The second-order valence-corrected chi connectivity index (χ2v) is 4.91. The first-order chi connectivity index (χ1) is 8.83. The molecule has 0 saturated heterocycles. The Bertz CT molecular complexity index is 528. The number of hydrogen-bond donors (Lipinski definition) is 2. The van der Waals surface area contributed by atoms with Crippen LogP contribution in [-0.2, 0) is 6.42 Å². The first kappa shape index (κ1) is 11.3. The van der Waals surface area contributed by atoms with Gasteiger partial charge in [0, 0.05) is 24.6 Å². The molecule has 1 fully saturated rings. The van der Waals surface area contributed by atoms with E-state index in [4.69, 9.17) is 0 Å². The molecule has 94 valence electrons. The normalized spacial score (nSPS) is 14.7. The molecule has 1 saturated carbocycles. The zero-order valence-corrected chi connectivity index (χ0v) is 10.6. The number of para-hydroxylation sites is 1. The molecule has 1 aliphatic carbocycles. The van der Waals surface area contributed by atoms with Crippen LogP contribution >= 0.6 is 0 Å². The summed E-state index contributed by atoms with van der Waals surface area (Å²) in [5, 5.41) is 10.7. The number of nitrogens with one attached hydrogen (secondary N) is 2. The SMILES string of the molecule is Cc1ccccc1NCCc1nc(C2CC2)n[nH]1. The third-order valence-electron chi connectivity index (χ3n) is 3.31. The Kier molecular flexibility index (Phi) is 3.00. The minimum Gasteiger partial charge on any atom is -0.384 e. The van der Waals surface area contributed by atoms with E-state index in [9.17, 15) is 0 Å². The van der Waals surface area contributed by atoms with Gasteiger partial charge in [-0.25, -0.2) is 4.98 Å². The Labute approximate surface area is 107 Å². The highest BCUT2D eigenvalue weighted by molar-refractivity contribution is 5.50. The number of anilines is 1. The summed E-state index contributed by atoms with van der Waals surface area (Å²) in [6.45, 7) is 2.99. The monoisotopic (exact) mass is 242 g/mol. The van der Waals surface area contributed by atoms with Crippen molar-refractivity contribution < 1.29 is 0 Å². The lowest BCUT2D eigenvalue weighted by molar-refractivity contribution is 0.900. The quantitative estimate of drug-likeness (QED) is 0.847. The van der Waals surface area contributed by atoms with E-state index in [0.717, 1.165) is 24.6 Å². The molecule has 1 aliphatic rings. The lowest BCUT2D eigenvalue weighted by atomic mass is 10.2. The van der Waals surface area contributed by atoms with Crippen LogP contribution in [0.5, 0.6) is 0 Å². The van der Waals surface area contributed by atoms with Crippen molar-refractivity contribution in [3.8, 4) is 0 Å². The summed E-state index contributed by atoms with van der Waals surface area (Å²) in [5.41, 5.74) is 2.47. The molecule has 3 rings (SSSR count). The van der Waals surface area contributed by atoms with Crippen LogP contribution in [0.25, 0.3) is 0 Å². The highest BCUT2D eigenvalue weighted by Crippen LogP contribution is 2.37. The molecule has 18 heavy (non-hydrogen) atoms. The standard InChI is InChI=1S/C14H18N4/c1-10-4-2-3-5-12(10)15-9-8-13-16-14(18-17-13)11-6-7-11/h2-5,11,15H,6-9H2,1H3,(H,16,17,18). The Morgan fingerprint density at radius 2 is 2.17 bits per heavy atom. The average molecular weight is 242 g/mol. The summed E-state index contributed by atoms with van der Waals surface area (Å²) in [4.78, 5) is 4.52. The van der Waals surface area contributed by atoms with Gasteiger partial charge in [0.05, 0.1) is 0 Å². The van der Waals surface area contributed by atoms with E-state index in [1.807, 2.05) is 0 Å². The van der Waals surface area contributed by atoms with Crippen molar-refractivity contribution in [2.24, 2.45) is 0 Å². The topological polar surface area (TPSA) is 53.6 Å². The number of aromatic nitrogens is 3. The number of nitrogens with zero attached hydrogens (tertiary/aromatic N) is 2. The van der Waals surface area contributed by atoms with Crippen LogP contribution in [0.1, 0.15) is 36.0 Å². The van der Waals surface area contributed by atoms with Gasteiger partial charge in [-0.3, -0.25) is 5.10 Å². The highest BCUT2D eigenvalue weighted by Gasteiger charge is 2.27. The molecular formula is C14H18N4. The Morgan fingerprint density at radius 1 is 1.33 bits per heavy atom. The van der Waals surface area contributed by atoms with E-state index < -0.39 is 0 Å². The van der Waals surface area contributed by atoms with Gasteiger partial charge in [-0.15, -0.1) is 0 Å². The molecule has 0 unspecified atom stereocenters. The van der Waals surface area contributed by atoms with Crippen LogP contribution in [0.4, 0.5) is 5.69 Å². The molecule has 1 heterocycles. The van der Waals surface area contributed by atoms with E-state index in [1.54, 1.807) is 0 Å². The Balaban J connectivity index is 1.53. The van der Waals surface area contributed by atoms with Crippen molar-refractivity contribution in [2.45, 2.75) is 32.1 Å². The minimum atomic E-state index is 0.624. The second kappa shape index (κ2) is 4.80. The van der Waals surface area contributed by atoms with Crippen LogP contribution in [0.3, 0.4) is 0 Å². The number of aryl methyl sites for hydroxylation is 1. The van der Waals surface area contributed by atoms with Gasteiger partial charge in [0.1, 0.15) is 5.82 Å². The van der Waals surface area contributed by atoms with Crippen LogP contribution in [0.2, 0.25) is 0 Å². The molecule has 2 N–H and O–H groups in total. The number of H-pyrrole nitrogens is 1. The van der Waals surface area contributed by atoms with Gasteiger partial charge in [-0.1, -0.05) is 18.2 Å². The molecule has 0 radical (unpaired) electrons. The lowest BCUT2D eigenvalue weighted by Gasteiger charge is -2.07. The summed E-state index contributed by atoms with van der Waals surface area (Å²) in [5.74, 6) is 2.61. The summed E-state index contributed by atoms with van der Waals surface area (Å²) < 4.78 is 0. The van der Waals surface area contributed by atoms with Crippen LogP contribution in [0.15, 0.2) is 24.3 Å². The molecule has 1 aromatic carbocycles. The van der Waals surface area contributed by atoms with Gasteiger partial charge >= 0.3 is 0 Å². The Hall–Kier alpha value is -1.84. The molecule has 0 amide bonds. The highest BCUT2D eigenvalue weighted by atomic mass is 15.2. The van der Waals surface area contributed by atoms with Crippen LogP contribution in [0, 0.1) is 6.92 Å². The van der Waals surface area contributed by atoms with E-state index >= 15 is 0 Å². The minimum absolute atomic E-state index is 0.624. The van der Waals surface area contributed by atoms with E-state index in [0.29, 0.717) is 5.92 Å². The third-order valence-corrected chi connectivity index (χ3v) is 3.31. The molecule has 0 bridgehead atoms. The summed E-state index contributed by atoms with van der Waals surface area (Å²) in [6.07, 6.45) is 3.38. The number of aromatic amines is 1. The molecule has 0 spiro atoms. The van der Waals surface area contributed by atoms with Gasteiger partial charge in [-0.2, -0.15) is 5.10 Å². The fraction of sp³-hybridized carbons (Fsp3) is 0.429. The first-order valence-corrected chi connectivity index (χ1v) is 6.53. The van der Waals surface area contributed by atoms with Crippen molar-refractivity contribution in [1.29, 1.82) is 0 Å². The van der Waals surface area contributed by atoms with Crippen molar-refractivity contribution in [1.82, 2.24) is 15.2 Å². The molecule has 0 aliphatic heterocycles. The number of benzene rings is 1. The summed E-state index contributed by atoms with van der Waals surface area (Å²) in [6, 6.07) is 8.32. The van der Waals surface area contributed by atoms with Gasteiger partial charge in [0.25, 0.3) is 0 Å². The summed E-state index contributed by atoms with van der Waals surface area (Å²) >= 11 is 0. The van der Waals surface area contributed by atoms with Crippen molar-refractivity contribution >= 4 is 5.69 Å². The molecule has 0 atom stereocenters. The van der Waals surface area contributed by atoms with Gasteiger partial charge in [-0.05, 0) is 31.4 Å². The zero-order valence-electron chi connectivity index (χ0n) is 10.6. The molecule has 4 heteroatoms. The maximum Gasteiger partial charge on any atom is 0.153 e. The number of rotatable bonds is 5. The maximum atomic E-state index is 4.52. The van der Waals surface area contributed by atoms with Crippen LogP contribution < -0.4 is 5.32 Å². The first-order valence-electron chi connectivity index (χ1n) is 6.53. The number of hydrogen-bond acceptors (Lipinski definition) is 3. The predicted molar refractivity (Wildman–Crippen MR) is 71.7 cm³/mol. The van der Waals surface area contributed by atoms with Gasteiger partial charge in [0.15, 0.2) is 5.82 Å². The molecule has 1 aromatic heterocycles. The fourth-order valence-corrected chi connectivity index (χ4v) is 2.03. The van der Waals surface area contributed by atoms with Crippen molar-refractivity contribution in [3.63, 3.8) is 0 Å². The average Bonchev–Trinajstić information content (AvgIpc) is 3.12. The van der Waals surface area contributed by atoms with Gasteiger partial charge < -0.3 is 5.32 Å². The molecule has 2 aromatic rings. The lowest BCUT2D eigenvalue weighted by Crippen LogP contribution is -2.07. The van der Waals surface area contributed by atoms with E-state index in [1.165, 1.54) is 24.1 Å². The van der Waals surface area contributed by atoms with Gasteiger partial charge in [0.2, 0.25) is 0 Å². The molecular weight excluding hydrogens is 224 g/mol. The van der Waals surface area contributed by atoms with E-state index in [2.05, 4.69) is 51.7 Å². The van der Waals surface area contributed by atoms with E-state index in [-0.39, 0.29) is 0 Å².